The van der Waals surface area contributed by atoms with Gasteiger partial charge in [0.2, 0.25) is 0 Å². The first-order chi connectivity index (χ1) is 11.7. The van der Waals surface area contributed by atoms with Gasteiger partial charge in [-0.3, -0.25) is 0 Å². The van der Waals surface area contributed by atoms with Crippen LogP contribution in [0.4, 0.5) is 14.9 Å². The highest BCUT2D eigenvalue weighted by molar-refractivity contribution is 5.91. The normalized spacial score (nSPS) is 16.7. The molecule has 0 aliphatic carbocycles. The van der Waals surface area contributed by atoms with Crippen molar-refractivity contribution in [3.63, 3.8) is 0 Å². The summed E-state index contributed by atoms with van der Waals surface area (Å²) < 4.78 is 13.2. The van der Waals surface area contributed by atoms with Gasteiger partial charge in [0.1, 0.15) is 11.9 Å². The number of benzene rings is 2. The van der Waals surface area contributed by atoms with Crippen molar-refractivity contribution in [2.45, 2.75) is 25.3 Å². The van der Waals surface area contributed by atoms with Crippen LogP contribution in [0.5, 0.6) is 0 Å². The average molecular weight is 323 g/mol. The molecule has 0 saturated carbocycles. The third-order valence-corrected chi connectivity index (χ3v) is 4.30. The molecule has 1 atom stereocenters. The maximum Gasteiger partial charge on any atom is 0.322 e. The third kappa shape index (κ3) is 3.54. The molecule has 1 heterocycles. The molecule has 1 unspecified atom stereocenters. The minimum absolute atomic E-state index is 0.127. The van der Waals surface area contributed by atoms with Gasteiger partial charge < -0.3 is 10.2 Å². The average Bonchev–Trinajstić information content (AvgIpc) is 3.05. The molecule has 5 heteroatoms. The minimum atomic E-state index is -0.493. The van der Waals surface area contributed by atoms with Crippen LogP contribution >= 0.6 is 0 Å². The molecule has 2 aromatic carbocycles. The van der Waals surface area contributed by atoms with Crippen LogP contribution in [0, 0.1) is 17.1 Å². The Bertz CT molecular complexity index is 770. The van der Waals surface area contributed by atoms with Gasteiger partial charge in [-0.15, -0.1) is 0 Å². The summed E-state index contributed by atoms with van der Waals surface area (Å²) in [6.07, 6.45) is 2.72. The standard InChI is InChI=1S/C19H18FN3O/c20-16-8-9-18(15(12-16)13-21)22-19(24)23-10-4-7-17(23)11-14-5-2-1-3-6-14/h1-3,5-6,8-9,12,17H,4,7,10-11H2,(H,22,24). The summed E-state index contributed by atoms with van der Waals surface area (Å²) >= 11 is 0. The van der Waals surface area contributed by atoms with Crippen LogP contribution in [0.2, 0.25) is 0 Å². The molecule has 0 aromatic heterocycles. The van der Waals surface area contributed by atoms with Gasteiger partial charge in [0, 0.05) is 12.6 Å². The number of halogens is 1. The van der Waals surface area contributed by atoms with Crippen molar-refractivity contribution in [2.75, 3.05) is 11.9 Å². The van der Waals surface area contributed by atoms with Crippen LogP contribution in [-0.4, -0.2) is 23.5 Å². The number of urea groups is 1. The molecule has 2 aromatic rings. The van der Waals surface area contributed by atoms with E-state index >= 15 is 0 Å². The van der Waals surface area contributed by atoms with Gasteiger partial charge in [0.05, 0.1) is 11.3 Å². The molecule has 1 fully saturated rings. The lowest BCUT2D eigenvalue weighted by atomic mass is 10.0. The van der Waals surface area contributed by atoms with Crippen LogP contribution in [0.25, 0.3) is 0 Å². The Kier molecular flexibility index (Phi) is 4.76. The number of nitrogens with one attached hydrogen (secondary N) is 1. The summed E-state index contributed by atoms with van der Waals surface area (Å²) in [5.41, 5.74) is 1.66. The van der Waals surface area contributed by atoms with Gasteiger partial charge in [0.15, 0.2) is 0 Å². The number of amides is 2. The first-order valence-electron chi connectivity index (χ1n) is 7.98. The highest BCUT2D eigenvalue weighted by atomic mass is 19.1. The van der Waals surface area contributed by atoms with E-state index in [1.54, 1.807) is 4.90 Å². The molecule has 0 radical (unpaired) electrons. The fourth-order valence-corrected chi connectivity index (χ4v) is 3.11. The van der Waals surface area contributed by atoms with Crippen LogP contribution in [0.3, 0.4) is 0 Å². The lowest BCUT2D eigenvalue weighted by molar-refractivity contribution is 0.206. The summed E-state index contributed by atoms with van der Waals surface area (Å²) in [5, 5.41) is 11.8. The zero-order valence-electron chi connectivity index (χ0n) is 13.2. The van der Waals surface area contributed by atoms with Gasteiger partial charge in [-0.1, -0.05) is 30.3 Å². The Balaban J connectivity index is 1.71. The molecule has 0 spiro atoms. The number of nitriles is 1. The number of rotatable bonds is 3. The molecular weight excluding hydrogens is 305 g/mol. The number of likely N-dealkylation sites (tertiary alicyclic amines) is 1. The van der Waals surface area contributed by atoms with E-state index in [9.17, 15) is 9.18 Å². The summed E-state index contributed by atoms with van der Waals surface area (Å²) in [6.45, 7) is 0.687. The lowest BCUT2D eigenvalue weighted by Gasteiger charge is -2.25. The summed E-state index contributed by atoms with van der Waals surface area (Å²) in [5.74, 6) is -0.493. The number of hydrogen-bond acceptors (Lipinski definition) is 2. The van der Waals surface area contributed by atoms with Crippen LogP contribution in [-0.2, 0) is 6.42 Å². The second kappa shape index (κ2) is 7.14. The van der Waals surface area contributed by atoms with E-state index in [1.807, 2.05) is 24.3 Å². The molecule has 1 saturated heterocycles. The van der Waals surface area contributed by atoms with E-state index in [1.165, 1.54) is 17.7 Å². The van der Waals surface area contributed by atoms with Crippen molar-refractivity contribution in [1.82, 2.24) is 4.90 Å². The number of nitrogens with zero attached hydrogens (tertiary/aromatic N) is 2. The number of anilines is 1. The van der Waals surface area contributed by atoms with Crippen LogP contribution in [0.15, 0.2) is 48.5 Å². The smallest absolute Gasteiger partial charge is 0.321 e. The quantitative estimate of drug-likeness (QED) is 0.930. The fraction of sp³-hybridized carbons (Fsp3) is 0.263. The predicted octanol–water partition coefficient (Wildman–Crippen LogP) is 3.94. The molecule has 3 rings (SSSR count). The van der Waals surface area contributed by atoms with Gasteiger partial charge in [0.25, 0.3) is 0 Å². The van der Waals surface area contributed by atoms with Crippen LogP contribution in [0.1, 0.15) is 24.0 Å². The van der Waals surface area contributed by atoms with E-state index in [4.69, 9.17) is 5.26 Å². The Hall–Kier alpha value is -2.87. The van der Waals surface area contributed by atoms with Crippen molar-refractivity contribution in [1.29, 1.82) is 5.26 Å². The molecule has 0 bridgehead atoms. The van der Waals surface area contributed by atoms with Crippen molar-refractivity contribution >= 4 is 11.7 Å². The predicted molar refractivity (Wildman–Crippen MR) is 90.0 cm³/mol. The lowest BCUT2D eigenvalue weighted by Crippen LogP contribution is -2.39. The van der Waals surface area contributed by atoms with Crippen molar-refractivity contribution < 1.29 is 9.18 Å². The van der Waals surface area contributed by atoms with Gasteiger partial charge in [-0.05, 0) is 43.0 Å². The first-order valence-corrected chi connectivity index (χ1v) is 7.98. The number of hydrogen-bond donors (Lipinski definition) is 1. The third-order valence-electron chi connectivity index (χ3n) is 4.30. The molecule has 2 amide bonds. The van der Waals surface area contributed by atoms with Crippen molar-refractivity contribution in [2.24, 2.45) is 0 Å². The van der Waals surface area contributed by atoms with E-state index in [0.717, 1.165) is 25.3 Å². The fourth-order valence-electron chi connectivity index (χ4n) is 3.11. The molecule has 4 nitrogen and oxygen atoms in total. The monoisotopic (exact) mass is 323 g/mol. The second-order valence-electron chi connectivity index (χ2n) is 5.91. The molecule has 1 aliphatic heterocycles. The Morgan fingerprint density at radius 1 is 1.29 bits per heavy atom. The molecule has 122 valence electrons. The molecule has 24 heavy (non-hydrogen) atoms. The van der Waals surface area contributed by atoms with E-state index in [2.05, 4.69) is 17.4 Å². The Morgan fingerprint density at radius 3 is 2.83 bits per heavy atom. The SMILES string of the molecule is N#Cc1cc(F)ccc1NC(=O)N1CCCC1Cc1ccccc1. The van der Waals surface area contributed by atoms with Gasteiger partial charge in [-0.2, -0.15) is 5.26 Å². The van der Waals surface area contributed by atoms with E-state index < -0.39 is 5.82 Å². The minimum Gasteiger partial charge on any atom is -0.321 e. The summed E-state index contributed by atoms with van der Waals surface area (Å²) in [4.78, 5) is 14.4. The number of carbonyl (C=O) groups excluding carboxylic acids is 1. The van der Waals surface area contributed by atoms with E-state index in [0.29, 0.717) is 12.2 Å². The zero-order valence-corrected chi connectivity index (χ0v) is 13.2. The number of carbonyl (C=O) groups is 1. The largest absolute Gasteiger partial charge is 0.322 e. The topological polar surface area (TPSA) is 56.1 Å². The van der Waals surface area contributed by atoms with E-state index in [-0.39, 0.29) is 17.6 Å². The molecule has 1 N–H and O–H groups in total. The second-order valence-corrected chi connectivity index (χ2v) is 5.91. The van der Waals surface area contributed by atoms with Gasteiger partial charge in [-0.25, -0.2) is 9.18 Å². The molecular formula is C19H18FN3O. The first kappa shape index (κ1) is 16.0. The zero-order chi connectivity index (χ0) is 16.9. The van der Waals surface area contributed by atoms with Crippen molar-refractivity contribution in [3.8, 4) is 6.07 Å². The summed E-state index contributed by atoms with van der Waals surface area (Å²) in [6, 6.07) is 15.7. The highest BCUT2D eigenvalue weighted by Gasteiger charge is 2.29. The Morgan fingerprint density at radius 2 is 2.08 bits per heavy atom. The van der Waals surface area contributed by atoms with Crippen LogP contribution < -0.4 is 5.32 Å². The maximum atomic E-state index is 13.2. The summed E-state index contributed by atoms with van der Waals surface area (Å²) in [7, 11) is 0. The Labute approximate surface area is 140 Å². The van der Waals surface area contributed by atoms with Crippen molar-refractivity contribution in [3.05, 3.63) is 65.5 Å². The highest BCUT2D eigenvalue weighted by Crippen LogP contribution is 2.23. The van der Waals surface area contributed by atoms with Gasteiger partial charge >= 0.3 is 6.03 Å². The molecule has 1 aliphatic rings. The maximum absolute atomic E-state index is 13.2.